The van der Waals surface area contributed by atoms with E-state index in [1.165, 1.54) is 19.1 Å². The maximum absolute atomic E-state index is 13.4. The first kappa shape index (κ1) is 16.3. The van der Waals surface area contributed by atoms with Crippen LogP contribution < -0.4 is 0 Å². The molecule has 2 aromatic rings. The van der Waals surface area contributed by atoms with Crippen molar-refractivity contribution >= 4 is 5.78 Å². The van der Waals surface area contributed by atoms with Gasteiger partial charge in [-0.3, -0.25) is 9.69 Å². The van der Waals surface area contributed by atoms with E-state index in [9.17, 15) is 18.7 Å². The molecular formula is C19H17F2NO2. The van der Waals surface area contributed by atoms with Crippen molar-refractivity contribution in [1.29, 1.82) is 0 Å². The van der Waals surface area contributed by atoms with Crippen LogP contribution in [-0.2, 0) is 11.3 Å². The van der Waals surface area contributed by atoms with Crippen LogP contribution in [-0.4, -0.2) is 22.3 Å². The largest absolute Gasteiger partial charge is 0.510 e. The van der Waals surface area contributed by atoms with Gasteiger partial charge in [-0.05, 0) is 30.2 Å². The topological polar surface area (TPSA) is 40.5 Å². The van der Waals surface area contributed by atoms with Crippen LogP contribution >= 0.6 is 0 Å². The molecular weight excluding hydrogens is 312 g/mol. The molecule has 0 amide bonds. The van der Waals surface area contributed by atoms with Crippen LogP contribution in [0.1, 0.15) is 24.1 Å². The Morgan fingerprint density at radius 3 is 2.38 bits per heavy atom. The molecule has 1 aliphatic rings. The van der Waals surface area contributed by atoms with Gasteiger partial charge in [-0.25, -0.2) is 8.78 Å². The normalized spacial score (nSPS) is 18.2. The number of carbonyl (C=O) groups is 1. The molecule has 1 unspecified atom stereocenters. The summed E-state index contributed by atoms with van der Waals surface area (Å²) >= 11 is 0. The Kier molecular flexibility index (Phi) is 4.44. The van der Waals surface area contributed by atoms with Gasteiger partial charge in [0.25, 0.3) is 0 Å². The second kappa shape index (κ2) is 6.53. The highest BCUT2D eigenvalue weighted by Gasteiger charge is 2.36. The van der Waals surface area contributed by atoms with E-state index < -0.39 is 17.7 Å². The van der Waals surface area contributed by atoms with Crippen molar-refractivity contribution in [2.24, 2.45) is 0 Å². The van der Waals surface area contributed by atoms with Crippen LogP contribution in [0.15, 0.2) is 59.9 Å². The summed E-state index contributed by atoms with van der Waals surface area (Å²) in [5, 5.41) is 10.2. The fraction of sp³-hybridized carbons (Fsp3) is 0.211. The molecule has 1 heterocycles. The van der Waals surface area contributed by atoms with Gasteiger partial charge in [0, 0.05) is 12.6 Å². The number of hydrogen-bond acceptors (Lipinski definition) is 3. The van der Waals surface area contributed by atoms with Gasteiger partial charge in [0.2, 0.25) is 0 Å². The van der Waals surface area contributed by atoms with E-state index in [0.29, 0.717) is 11.1 Å². The monoisotopic (exact) mass is 329 g/mol. The second-order valence-electron chi connectivity index (χ2n) is 5.91. The Morgan fingerprint density at radius 2 is 1.79 bits per heavy atom. The minimum absolute atomic E-state index is 0.00762. The van der Waals surface area contributed by atoms with Gasteiger partial charge in [-0.1, -0.05) is 30.3 Å². The number of benzene rings is 2. The van der Waals surface area contributed by atoms with Crippen molar-refractivity contribution in [3.8, 4) is 0 Å². The van der Waals surface area contributed by atoms with Gasteiger partial charge in [0.1, 0.15) is 17.4 Å². The Labute approximate surface area is 138 Å². The first-order chi connectivity index (χ1) is 11.5. The highest BCUT2D eigenvalue weighted by molar-refractivity contribution is 5.95. The lowest BCUT2D eigenvalue weighted by molar-refractivity contribution is -0.114. The summed E-state index contributed by atoms with van der Waals surface area (Å²) < 4.78 is 26.9. The molecule has 0 spiro atoms. The molecule has 5 heteroatoms. The van der Waals surface area contributed by atoms with E-state index in [0.717, 1.165) is 11.6 Å². The minimum Gasteiger partial charge on any atom is -0.510 e. The molecule has 0 aromatic heterocycles. The zero-order valence-electron chi connectivity index (χ0n) is 13.2. The van der Waals surface area contributed by atoms with E-state index in [1.54, 1.807) is 0 Å². The third kappa shape index (κ3) is 3.21. The molecule has 0 saturated carbocycles. The van der Waals surface area contributed by atoms with Crippen molar-refractivity contribution in [3.05, 3.63) is 82.6 Å². The summed E-state index contributed by atoms with van der Waals surface area (Å²) in [6.45, 7) is 1.79. The van der Waals surface area contributed by atoms with Crippen LogP contribution in [0, 0.1) is 11.6 Å². The number of aliphatic hydroxyl groups is 1. The van der Waals surface area contributed by atoms with Crippen molar-refractivity contribution < 1.29 is 18.7 Å². The average molecular weight is 329 g/mol. The number of aliphatic hydroxyl groups excluding tert-OH is 1. The van der Waals surface area contributed by atoms with Crippen molar-refractivity contribution in [3.63, 3.8) is 0 Å². The van der Waals surface area contributed by atoms with Crippen molar-refractivity contribution in [2.45, 2.75) is 19.5 Å². The first-order valence-electron chi connectivity index (χ1n) is 7.62. The van der Waals surface area contributed by atoms with Crippen molar-refractivity contribution in [2.75, 3.05) is 6.54 Å². The minimum atomic E-state index is -0.649. The molecule has 124 valence electrons. The number of carbonyl (C=O) groups excluding carboxylic acids is 1. The third-order valence-corrected chi connectivity index (χ3v) is 4.10. The molecule has 1 aliphatic heterocycles. The summed E-state index contributed by atoms with van der Waals surface area (Å²) in [7, 11) is 0. The number of halogens is 2. The highest BCUT2D eigenvalue weighted by Crippen LogP contribution is 2.37. The highest BCUT2D eigenvalue weighted by atomic mass is 19.1. The fourth-order valence-corrected chi connectivity index (χ4v) is 3.20. The molecule has 0 aliphatic carbocycles. The molecule has 24 heavy (non-hydrogen) atoms. The summed E-state index contributed by atoms with van der Waals surface area (Å²) in [6.07, 6.45) is 0. The SMILES string of the molecule is CC(=O)C1=C(O)CN(Cc2cc(F)cc(F)c2)C1c1ccccc1. The third-order valence-electron chi connectivity index (χ3n) is 4.10. The number of ketones is 1. The van der Waals surface area contributed by atoms with E-state index in [1.807, 2.05) is 35.2 Å². The van der Waals surface area contributed by atoms with Crippen LogP contribution in [0.2, 0.25) is 0 Å². The maximum Gasteiger partial charge on any atom is 0.161 e. The van der Waals surface area contributed by atoms with Crippen molar-refractivity contribution in [1.82, 2.24) is 4.90 Å². The molecule has 0 bridgehead atoms. The van der Waals surface area contributed by atoms with Crippen LogP contribution in [0.4, 0.5) is 8.78 Å². The second-order valence-corrected chi connectivity index (χ2v) is 5.91. The predicted octanol–water partition coefficient (Wildman–Crippen LogP) is 3.92. The molecule has 0 fully saturated rings. The van der Waals surface area contributed by atoms with E-state index in [2.05, 4.69) is 0 Å². The van der Waals surface area contributed by atoms with Crippen LogP contribution in [0.25, 0.3) is 0 Å². The molecule has 1 N–H and O–H groups in total. The number of hydrogen-bond donors (Lipinski definition) is 1. The van der Waals surface area contributed by atoms with Gasteiger partial charge in [0.15, 0.2) is 5.78 Å². The molecule has 3 rings (SSSR count). The molecule has 3 nitrogen and oxygen atoms in total. The fourth-order valence-electron chi connectivity index (χ4n) is 3.20. The van der Waals surface area contributed by atoms with Crippen LogP contribution in [0.3, 0.4) is 0 Å². The number of Topliss-reactive ketones (excluding diaryl/α,β-unsaturated/α-hetero) is 1. The van der Waals surface area contributed by atoms with E-state index in [-0.39, 0.29) is 24.6 Å². The lowest BCUT2D eigenvalue weighted by Gasteiger charge is -2.26. The standard InChI is InChI=1S/C19H17F2NO2/c1-12(23)18-17(24)11-22(19(18)14-5-3-2-4-6-14)10-13-7-15(20)9-16(21)8-13/h2-9,19,24H,10-11H2,1H3. The maximum atomic E-state index is 13.4. The summed E-state index contributed by atoms with van der Waals surface area (Å²) in [5.41, 5.74) is 1.63. The quantitative estimate of drug-likeness (QED) is 0.924. The number of rotatable bonds is 4. The van der Waals surface area contributed by atoms with Gasteiger partial charge in [-0.15, -0.1) is 0 Å². The first-order valence-corrected chi connectivity index (χ1v) is 7.62. The van der Waals surface area contributed by atoms with Gasteiger partial charge >= 0.3 is 0 Å². The molecule has 1 atom stereocenters. The predicted molar refractivity (Wildman–Crippen MR) is 86.3 cm³/mol. The summed E-state index contributed by atoms with van der Waals surface area (Å²) in [6, 6.07) is 12.2. The van der Waals surface area contributed by atoms with Gasteiger partial charge in [-0.2, -0.15) is 0 Å². The Morgan fingerprint density at radius 1 is 1.17 bits per heavy atom. The Bertz CT molecular complexity index is 782. The lowest BCUT2D eigenvalue weighted by Crippen LogP contribution is -2.26. The summed E-state index contributed by atoms with van der Waals surface area (Å²) in [4.78, 5) is 13.8. The van der Waals surface area contributed by atoms with Gasteiger partial charge in [0.05, 0.1) is 18.2 Å². The van der Waals surface area contributed by atoms with Crippen LogP contribution in [0.5, 0.6) is 0 Å². The van der Waals surface area contributed by atoms with E-state index in [4.69, 9.17) is 0 Å². The lowest BCUT2D eigenvalue weighted by atomic mass is 9.96. The molecule has 2 aromatic carbocycles. The van der Waals surface area contributed by atoms with E-state index >= 15 is 0 Å². The van der Waals surface area contributed by atoms with Gasteiger partial charge < -0.3 is 5.11 Å². The zero-order valence-corrected chi connectivity index (χ0v) is 13.2. The Hall–Kier alpha value is -2.53. The zero-order chi connectivity index (χ0) is 17.3. The number of nitrogens with zero attached hydrogens (tertiary/aromatic N) is 1. The Balaban J connectivity index is 1.96. The molecule has 0 saturated heterocycles. The average Bonchev–Trinajstić information content (AvgIpc) is 2.83. The smallest absolute Gasteiger partial charge is 0.161 e. The molecule has 0 radical (unpaired) electrons. The summed E-state index contributed by atoms with van der Waals surface area (Å²) in [5.74, 6) is -1.50.